The van der Waals surface area contributed by atoms with Gasteiger partial charge in [-0.1, -0.05) is 350 Å². The molecular formula is C97H168O17. The average Bonchev–Trinajstić information content (AvgIpc) is 0.864. The molecule has 658 valence electrons. The third-order valence-electron chi connectivity index (χ3n) is 11.7. The van der Waals surface area contributed by atoms with Crippen LogP contribution in [0.25, 0.3) is 0 Å². The van der Waals surface area contributed by atoms with Crippen LogP contribution in [0.1, 0.15) is 259 Å². The molecule has 2 unspecified atom stereocenters. The number of hydrogen-bond donors (Lipinski definition) is 3. The van der Waals surface area contributed by atoms with Crippen molar-refractivity contribution in [2.24, 2.45) is 22.7 Å². The summed E-state index contributed by atoms with van der Waals surface area (Å²) in [4.78, 5) is 75.4. The standard InChI is InChI=1S/C15H20O6.C8H14O3.2C8H10.C7H12O3.C7H12O2.C7H8O.C7H8.C6H10O2.2C5H12.C4H10.C3H8.3C2H6.CH4/c1-5-12(16)19-9-15(8-4,10-20-13(17)6-2)11-21-14(18)7-3;1-4-7(9)5-11-8(10)6(2)3;1-7-3-5-8(2)6-4-7;1-7-4-3-5-8(2)6-7;1-3-6(8)5-10-7(9)4-2;1-4-5-9-7(8)6(2)3;1-6-2-4-7(8)5-3-6;1-7-5-3-2-4-6-7;1-3-5-8-6(7)4-2;1-5(2,3)4;1-4-5(2)3;1-4(2)3;1-3-2;3*1-2;/h5-7H,1-3,8-11H2,4H3;7,9H,2,4-5H2,1,3H3;2*3-6H,1-2H3;4,6,8H,2-3,5H2,1H3;2,4-5H2,1,3H3;2-5,8H,1H3;2-6H,1H3;4H,2-3,5H2,1H3;1-4H3;5H,4H2,1-3H3;4H,1-3H3;3H2,1-2H3;3*1-2H3;1H4. The van der Waals surface area contributed by atoms with Crippen LogP contribution >= 0.6 is 0 Å². The summed E-state index contributed by atoms with van der Waals surface area (Å²) in [5, 5.41) is 26.6. The van der Waals surface area contributed by atoms with E-state index in [1.54, 1.807) is 32.9 Å². The van der Waals surface area contributed by atoms with Gasteiger partial charge in [0.2, 0.25) is 0 Å². The van der Waals surface area contributed by atoms with Gasteiger partial charge < -0.3 is 48.5 Å². The van der Waals surface area contributed by atoms with Crippen LogP contribution in [0, 0.1) is 64.2 Å². The molecule has 0 aliphatic carbocycles. The van der Waals surface area contributed by atoms with Gasteiger partial charge in [-0.2, -0.15) is 0 Å². The lowest BCUT2D eigenvalue weighted by Gasteiger charge is -2.30. The quantitative estimate of drug-likeness (QED) is 0.0317. The predicted molar refractivity (Wildman–Crippen MR) is 487 cm³/mol. The Morgan fingerprint density at radius 3 is 0.868 bits per heavy atom. The van der Waals surface area contributed by atoms with Crippen LogP contribution in [0.4, 0.5) is 0 Å². The van der Waals surface area contributed by atoms with Gasteiger partial charge in [-0.25, -0.2) is 33.6 Å². The van der Waals surface area contributed by atoms with Gasteiger partial charge in [0, 0.05) is 41.5 Å². The first-order valence-corrected chi connectivity index (χ1v) is 39.7. The van der Waals surface area contributed by atoms with E-state index in [2.05, 4.69) is 239 Å². The van der Waals surface area contributed by atoms with E-state index in [0.717, 1.165) is 55.1 Å². The molecule has 0 heterocycles. The van der Waals surface area contributed by atoms with E-state index in [-0.39, 0.29) is 52.4 Å². The zero-order valence-electron chi connectivity index (χ0n) is 76.9. The van der Waals surface area contributed by atoms with Gasteiger partial charge in [-0.15, -0.1) is 0 Å². The van der Waals surface area contributed by atoms with Crippen LogP contribution < -0.4 is 0 Å². The molecule has 17 nitrogen and oxygen atoms in total. The second-order valence-electron chi connectivity index (χ2n) is 27.0. The molecule has 2 atom stereocenters. The number of carbonyl (C=O) groups excluding carboxylic acids is 7. The van der Waals surface area contributed by atoms with E-state index in [4.69, 9.17) is 34.3 Å². The summed E-state index contributed by atoms with van der Waals surface area (Å²) in [6, 6.07) is 34.3. The van der Waals surface area contributed by atoms with Crippen molar-refractivity contribution < 1.29 is 82.0 Å². The molecule has 0 amide bonds. The fourth-order valence-corrected chi connectivity index (χ4v) is 5.15. The van der Waals surface area contributed by atoms with Gasteiger partial charge in [-0.05, 0) is 117 Å². The van der Waals surface area contributed by atoms with Crippen molar-refractivity contribution in [3.63, 3.8) is 0 Å². The van der Waals surface area contributed by atoms with Crippen LogP contribution in [0.5, 0.6) is 5.75 Å². The van der Waals surface area contributed by atoms with Crippen molar-refractivity contribution in [1.82, 2.24) is 0 Å². The molecule has 0 aliphatic rings. The number of aryl methyl sites for hydroxylation is 6. The van der Waals surface area contributed by atoms with E-state index in [9.17, 15) is 33.6 Å². The first-order valence-electron chi connectivity index (χ1n) is 39.7. The highest BCUT2D eigenvalue weighted by Crippen LogP contribution is 2.25. The van der Waals surface area contributed by atoms with Gasteiger partial charge in [0.15, 0.2) is 0 Å². The maximum atomic E-state index is 11.2. The number of phenols is 1. The van der Waals surface area contributed by atoms with E-state index in [0.29, 0.717) is 54.8 Å². The highest BCUT2D eigenvalue weighted by atomic mass is 16.6. The number of aliphatic hydroxyl groups excluding tert-OH is 2. The topological polar surface area (TPSA) is 245 Å². The van der Waals surface area contributed by atoms with Gasteiger partial charge >= 0.3 is 41.8 Å². The molecule has 17 heteroatoms. The fraction of sp³-hybridized carbons (Fsp3) is 0.536. The predicted octanol–water partition coefficient (Wildman–Crippen LogP) is 24.8. The molecule has 0 bridgehead atoms. The second-order valence-corrected chi connectivity index (χ2v) is 27.0. The van der Waals surface area contributed by atoms with E-state index in [1.807, 2.05) is 106 Å². The largest absolute Gasteiger partial charge is 0.508 e. The summed E-state index contributed by atoms with van der Waals surface area (Å²) in [5.74, 6) is -1.37. The van der Waals surface area contributed by atoms with Crippen molar-refractivity contribution in [2.45, 2.75) is 279 Å². The maximum Gasteiger partial charge on any atom is 0.333 e. The molecule has 0 saturated carbocycles. The Balaban J connectivity index is -0.0000000898. The highest BCUT2D eigenvalue weighted by Gasteiger charge is 2.33. The lowest BCUT2D eigenvalue weighted by Crippen LogP contribution is -2.38. The number of aliphatic hydroxyl groups is 2. The Morgan fingerprint density at radius 2 is 0.649 bits per heavy atom. The molecule has 0 spiro atoms. The molecule has 114 heavy (non-hydrogen) atoms. The molecule has 3 N–H and O–H groups in total. The van der Waals surface area contributed by atoms with Crippen LogP contribution in [-0.4, -0.2) is 116 Å². The van der Waals surface area contributed by atoms with Crippen molar-refractivity contribution >= 4 is 41.8 Å². The summed E-state index contributed by atoms with van der Waals surface area (Å²) in [7, 11) is 0. The van der Waals surface area contributed by atoms with Crippen molar-refractivity contribution in [2.75, 3.05) is 46.2 Å². The lowest BCUT2D eigenvalue weighted by molar-refractivity contribution is -0.156. The van der Waals surface area contributed by atoms with E-state index in [1.165, 1.54) is 46.2 Å². The van der Waals surface area contributed by atoms with Crippen molar-refractivity contribution in [1.29, 1.82) is 0 Å². The minimum Gasteiger partial charge on any atom is -0.508 e. The van der Waals surface area contributed by atoms with Gasteiger partial charge in [0.1, 0.15) is 38.8 Å². The number of hydrogen-bond acceptors (Lipinski definition) is 17. The van der Waals surface area contributed by atoms with E-state index >= 15 is 0 Å². The monoisotopic (exact) mass is 1610 g/mol. The lowest BCUT2D eigenvalue weighted by atomic mass is 9.88. The molecule has 0 saturated heterocycles. The average molecular weight is 1610 g/mol. The minimum absolute atomic E-state index is 0. The molecule has 4 aromatic rings. The van der Waals surface area contributed by atoms with Gasteiger partial charge in [0.25, 0.3) is 0 Å². The summed E-state index contributed by atoms with van der Waals surface area (Å²) in [6.45, 7) is 87.2. The molecule has 0 radical (unpaired) electrons. The summed E-state index contributed by atoms with van der Waals surface area (Å²) < 4.78 is 33.5. The zero-order chi connectivity index (χ0) is 91.0. The van der Waals surface area contributed by atoms with Gasteiger partial charge in [-0.3, -0.25) is 0 Å². The number of phenolic OH excluding ortho intramolecular Hbond substituents is 1. The SMILES string of the molecule is C.C=C(C)C(=O)OCC(O)CC.C=C(C)C(=O)OCCC.C=CC(=O)OCC(CC)(COC(=O)C=C)COC(=O)C=C.C=CC(=O)OCC(O)CC.C=CC(=O)OCCC.CC.CC.CC.CC(C)(C)C.CC(C)C.CCC.CCC(C)C.Cc1ccc(C)cc1.Cc1ccc(O)cc1.Cc1cccc(C)c1.Cc1ccccc1. The van der Waals surface area contributed by atoms with Crippen LogP contribution in [0.2, 0.25) is 0 Å². The Morgan fingerprint density at radius 1 is 0.404 bits per heavy atom. The van der Waals surface area contributed by atoms with Crippen LogP contribution in [-0.2, 0) is 66.7 Å². The number of carbonyl (C=O) groups is 7. The number of esters is 7. The third-order valence-corrected chi connectivity index (χ3v) is 11.7. The van der Waals surface area contributed by atoms with Gasteiger partial charge in [0.05, 0.1) is 30.8 Å². The van der Waals surface area contributed by atoms with Crippen LogP contribution in [0.15, 0.2) is 191 Å². The Kier molecular flexibility index (Phi) is 116. The normalized spacial score (nSPS) is 9.43. The smallest absolute Gasteiger partial charge is 0.333 e. The summed E-state index contributed by atoms with van der Waals surface area (Å²) in [5.41, 5.74) is 8.30. The van der Waals surface area contributed by atoms with E-state index < -0.39 is 47.5 Å². The Bertz CT molecular complexity index is 2750. The van der Waals surface area contributed by atoms with Crippen molar-refractivity contribution in [3.05, 3.63) is 224 Å². The molecular weight excluding hydrogens is 1440 g/mol. The molecule has 0 aliphatic heterocycles. The number of rotatable bonds is 25. The summed E-state index contributed by atoms with van der Waals surface area (Å²) >= 11 is 0. The minimum atomic E-state index is -0.837. The Labute approximate surface area is 698 Å². The van der Waals surface area contributed by atoms with Crippen molar-refractivity contribution in [3.8, 4) is 5.75 Å². The first-order chi connectivity index (χ1) is 52.9. The molecule has 4 aromatic carbocycles. The number of ether oxygens (including phenoxy) is 7. The molecule has 0 aromatic heterocycles. The first kappa shape index (κ1) is 134. The second kappa shape index (κ2) is 98.3. The summed E-state index contributed by atoms with van der Waals surface area (Å²) in [6.07, 6.45) is 10.1. The number of benzene rings is 4. The fourth-order valence-electron chi connectivity index (χ4n) is 5.15. The molecule has 4 rings (SSSR count). The highest BCUT2D eigenvalue weighted by molar-refractivity contribution is 5.87. The maximum absolute atomic E-state index is 11.2. The third kappa shape index (κ3) is 127. The number of aromatic hydroxyl groups is 1. The molecule has 0 fully saturated rings. The zero-order valence-corrected chi connectivity index (χ0v) is 76.9. The Hall–Kier alpha value is -8.93. The van der Waals surface area contributed by atoms with Crippen LogP contribution in [0.3, 0.4) is 0 Å².